The number of ether oxygens (including phenoxy) is 2. The van der Waals surface area contributed by atoms with Crippen molar-refractivity contribution in [2.24, 2.45) is 0 Å². The summed E-state index contributed by atoms with van der Waals surface area (Å²) in [6, 6.07) is 6.74. The average molecular weight is 224 g/mol. The molecule has 3 heteroatoms. The van der Waals surface area contributed by atoms with Crippen LogP contribution in [0.3, 0.4) is 0 Å². The predicted octanol–water partition coefficient (Wildman–Crippen LogP) is 1.57. The van der Waals surface area contributed by atoms with E-state index in [1.165, 1.54) is 12.0 Å². The second-order valence-electron chi connectivity index (χ2n) is 4.01. The standard InChI is InChI=1S/C13H21NO2/c1-5-10(2)14-9-11-6-7-12(15-3)13(8-11)16-4/h6-8,10,14H,5,9H2,1-4H3/p+1/t10-/m1/s1. The molecule has 90 valence electrons. The molecule has 0 aliphatic heterocycles. The van der Waals surface area contributed by atoms with Gasteiger partial charge in [-0.1, -0.05) is 6.92 Å². The molecule has 0 unspecified atom stereocenters. The van der Waals surface area contributed by atoms with Crippen molar-refractivity contribution >= 4 is 0 Å². The topological polar surface area (TPSA) is 35.1 Å². The van der Waals surface area contributed by atoms with Crippen molar-refractivity contribution in [3.63, 3.8) is 0 Å². The molecule has 0 saturated carbocycles. The van der Waals surface area contributed by atoms with Gasteiger partial charge in [0.05, 0.1) is 20.3 Å². The van der Waals surface area contributed by atoms with Crippen LogP contribution in [0.25, 0.3) is 0 Å². The van der Waals surface area contributed by atoms with Crippen molar-refractivity contribution in [2.75, 3.05) is 14.2 Å². The molecule has 1 rings (SSSR count). The predicted molar refractivity (Wildman–Crippen MR) is 64.9 cm³/mol. The Labute approximate surface area is 97.8 Å². The molecule has 0 fully saturated rings. The molecule has 0 bridgehead atoms. The lowest BCUT2D eigenvalue weighted by Crippen LogP contribution is -2.87. The van der Waals surface area contributed by atoms with E-state index in [4.69, 9.17) is 9.47 Å². The first-order valence-electron chi connectivity index (χ1n) is 5.75. The van der Waals surface area contributed by atoms with Crippen LogP contribution in [0.4, 0.5) is 0 Å². The quantitative estimate of drug-likeness (QED) is 0.796. The summed E-state index contributed by atoms with van der Waals surface area (Å²) in [5.41, 5.74) is 1.26. The second-order valence-corrected chi connectivity index (χ2v) is 4.01. The maximum atomic E-state index is 5.27. The second kappa shape index (κ2) is 6.38. The summed E-state index contributed by atoms with van der Waals surface area (Å²) in [5, 5.41) is 2.33. The van der Waals surface area contributed by atoms with Crippen molar-refractivity contribution in [3.8, 4) is 11.5 Å². The Kier molecular flexibility index (Phi) is 5.12. The van der Waals surface area contributed by atoms with Crippen LogP contribution in [-0.2, 0) is 6.54 Å². The van der Waals surface area contributed by atoms with Gasteiger partial charge in [0, 0.05) is 5.56 Å². The third kappa shape index (κ3) is 3.42. The van der Waals surface area contributed by atoms with Gasteiger partial charge in [-0.2, -0.15) is 0 Å². The molecule has 0 heterocycles. The summed E-state index contributed by atoms with van der Waals surface area (Å²) in [6.45, 7) is 5.42. The molecule has 0 aliphatic carbocycles. The van der Waals surface area contributed by atoms with Gasteiger partial charge in [-0.25, -0.2) is 0 Å². The van der Waals surface area contributed by atoms with Crippen LogP contribution in [0, 0.1) is 0 Å². The van der Waals surface area contributed by atoms with Crippen molar-refractivity contribution in [3.05, 3.63) is 23.8 Å². The van der Waals surface area contributed by atoms with Gasteiger partial charge in [0.1, 0.15) is 6.54 Å². The number of quaternary nitrogens is 1. The fourth-order valence-electron chi connectivity index (χ4n) is 1.51. The number of benzene rings is 1. The Morgan fingerprint density at radius 3 is 2.44 bits per heavy atom. The lowest BCUT2D eigenvalue weighted by molar-refractivity contribution is -0.701. The van der Waals surface area contributed by atoms with Crippen LogP contribution in [-0.4, -0.2) is 20.3 Å². The molecule has 16 heavy (non-hydrogen) atoms. The number of nitrogens with two attached hydrogens (primary N) is 1. The number of rotatable bonds is 6. The Balaban J connectivity index is 2.67. The number of hydrogen-bond acceptors (Lipinski definition) is 2. The van der Waals surface area contributed by atoms with E-state index in [2.05, 4.69) is 25.2 Å². The van der Waals surface area contributed by atoms with E-state index in [-0.39, 0.29) is 0 Å². The minimum atomic E-state index is 0.660. The lowest BCUT2D eigenvalue weighted by atomic mass is 10.2. The molecule has 0 radical (unpaired) electrons. The number of methoxy groups -OCH3 is 2. The van der Waals surface area contributed by atoms with Gasteiger partial charge in [0.2, 0.25) is 0 Å². The van der Waals surface area contributed by atoms with E-state index in [0.717, 1.165) is 18.0 Å². The molecular weight excluding hydrogens is 202 g/mol. The minimum absolute atomic E-state index is 0.660. The molecule has 1 aromatic carbocycles. The molecular formula is C13H22NO2+. The number of hydrogen-bond donors (Lipinski definition) is 1. The highest BCUT2D eigenvalue weighted by atomic mass is 16.5. The molecule has 2 N–H and O–H groups in total. The maximum absolute atomic E-state index is 5.27. The van der Waals surface area contributed by atoms with Gasteiger partial charge in [-0.15, -0.1) is 0 Å². The Bertz CT molecular complexity index is 326. The summed E-state index contributed by atoms with van der Waals surface area (Å²) in [5.74, 6) is 1.59. The normalized spacial score (nSPS) is 12.2. The lowest BCUT2D eigenvalue weighted by Gasteiger charge is -2.11. The van der Waals surface area contributed by atoms with E-state index >= 15 is 0 Å². The minimum Gasteiger partial charge on any atom is -0.493 e. The molecule has 3 nitrogen and oxygen atoms in total. The van der Waals surface area contributed by atoms with E-state index in [1.807, 2.05) is 12.1 Å². The van der Waals surface area contributed by atoms with Crippen LogP contribution < -0.4 is 14.8 Å². The van der Waals surface area contributed by atoms with E-state index < -0.39 is 0 Å². The van der Waals surface area contributed by atoms with Crippen LogP contribution in [0.5, 0.6) is 11.5 Å². The first-order valence-corrected chi connectivity index (χ1v) is 5.75. The third-order valence-corrected chi connectivity index (χ3v) is 2.85. The van der Waals surface area contributed by atoms with Crippen molar-refractivity contribution in [1.29, 1.82) is 0 Å². The Morgan fingerprint density at radius 1 is 1.19 bits per heavy atom. The summed E-state index contributed by atoms with van der Waals surface area (Å²) in [6.07, 6.45) is 1.19. The first-order chi connectivity index (χ1) is 7.71. The highest BCUT2D eigenvalue weighted by molar-refractivity contribution is 5.42. The van der Waals surface area contributed by atoms with E-state index in [0.29, 0.717) is 6.04 Å². The molecule has 0 aliphatic rings. The fraction of sp³-hybridized carbons (Fsp3) is 0.538. The zero-order chi connectivity index (χ0) is 12.0. The average Bonchev–Trinajstić information content (AvgIpc) is 2.35. The van der Waals surface area contributed by atoms with Crippen LogP contribution in [0.1, 0.15) is 25.8 Å². The Morgan fingerprint density at radius 2 is 1.88 bits per heavy atom. The highest BCUT2D eigenvalue weighted by Gasteiger charge is 2.07. The SMILES string of the molecule is CC[C@@H](C)[NH2+]Cc1ccc(OC)c(OC)c1. The third-order valence-electron chi connectivity index (χ3n) is 2.85. The molecule has 0 aromatic heterocycles. The van der Waals surface area contributed by atoms with Crippen LogP contribution in [0.2, 0.25) is 0 Å². The van der Waals surface area contributed by atoms with Gasteiger partial charge in [-0.3, -0.25) is 0 Å². The van der Waals surface area contributed by atoms with Crippen LogP contribution in [0.15, 0.2) is 18.2 Å². The van der Waals surface area contributed by atoms with Gasteiger partial charge in [-0.05, 0) is 31.5 Å². The molecule has 1 aromatic rings. The summed E-state index contributed by atoms with van der Waals surface area (Å²) < 4.78 is 10.5. The van der Waals surface area contributed by atoms with Gasteiger partial charge < -0.3 is 14.8 Å². The largest absolute Gasteiger partial charge is 0.493 e. The van der Waals surface area contributed by atoms with Gasteiger partial charge in [0.15, 0.2) is 11.5 Å². The highest BCUT2D eigenvalue weighted by Crippen LogP contribution is 2.27. The monoisotopic (exact) mass is 224 g/mol. The van der Waals surface area contributed by atoms with Crippen molar-refractivity contribution < 1.29 is 14.8 Å². The van der Waals surface area contributed by atoms with Crippen molar-refractivity contribution in [2.45, 2.75) is 32.9 Å². The summed E-state index contributed by atoms with van der Waals surface area (Å²) >= 11 is 0. The molecule has 0 saturated heterocycles. The van der Waals surface area contributed by atoms with E-state index in [1.54, 1.807) is 14.2 Å². The smallest absolute Gasteiger partial charge is 0.161 e. The molecule has 0 spiro atoms. The summed E-state index contributed by atoms with van der Waals surface area (Å²) in [7, 11) is 3.32. The zero-order valence-electron chi connectivity index (χ0n) is 10.6. The zero-order valence-corrected chi connectivity index (χ0v) is 10.6. The van der Waals surface area contributed by atoms with E-state index in [9.17, 15) is 0 Å². The van der Waals surface area contributed by atoms with Gasteiger partial charge >= 0.3 is 0 Å². The fourth-order valence-corrected chi connectivity index (χ4v) is 1.51. The van der Waals surface area contributed by atoms with Crippen molar-refractivity contribution in [1.82, 2.24) is 0 Å². The molecule has 1 atom stereocenters. The first kappa shape index (κ1) is 12.8. The Hall–Kier alpha value is -1.22. The maximum Gasteiger partial charge on any atom is 0.161 e. The van der Waals surface area contributed by atoms with Crippen LogP contribution >= 0.6 is 0 Å². The molecule has 0 amide bonds. The van der Waals surface area contributed by atoms with Gasteiger partial charge in [0.25, 0.3) is 0 Å². The summed E-state index contributed by atoms with van der Waals surface area (Å²) in [4.78, 5) is 0.